The summed E-state index contributed by atoms with van der Waals surface area (Å²) in [5.41, 5.74) is 1.32. The predicted octanol–water partition coefficient (Wildman–Crippen LogP) is 5.16. The minimum absolute atomic E-state index is 0.103. The van der Waals surface area contributed by atoms with Gasteiger partial charge in [0.2, 0.25) is 0 Å². The van der Waals surface area contributed by atoms with Crippen LogP contribution in [0.1, 0.15) is 4.88 Å². The van der Waals surface area contributed by atoms with E-state index >= 15 is 0 Å². The third-order valence-corrected chi connectivity index (χ3v) is 4.83. The lowest BCUT2D eigenvalue weighted by Gasteiger charge is -2.10. The number of benzene rings is 1. The maximum Gasteiger partial charge on any atom is 0.164 e. The van der Waals surface area contributed by atoms with E-state index in [0.29, 0.717) is 22.4 Å². The van der Waals surface area contributed by atoms with E-state index in [4.69, 9.17) is 11.6 Å². The van der Waals surface area contributed by atoms with Gasteiger partial charge < -0.3 is 10.4 Å². The van der Waals surface area contributed by atoms with Crippen molar-refractivity contribution in [2.24, 2.45) is 0 Å². The Morgan fingerprint density at radius 3 is 2.84 bits per heavy atom. The number of rotatable bonds is 3. The Morgan fingerprint density at radius 1 is 1.16 bits per heavy atom. The SMILES string of the molecule is Cc1cc2c(Nc3cc(Cl)ccc3O)nc(-c3cccnc3)nc2s1. The number of aryl methyl sites for hydroxylation is 1. The summed E-state index contributed by atoms with van der Waals surface area (Å²) in [6, 6.07) is 10.6. The number of phenols is 1. The number of aromatic hydroxyl groups is 1. The molecule has 0 saturated carbocycles. The fourth-order valence-corrected chi connectivity index (χ4v) is 3.55. The quantitative estimate of drug-likeness (QED) is 0.488. The second kappa shape index (κ2) is 6.31. The van der Waals surface area contributed by atoms with Gasteiger partial charge in [-0.25, -0.2) is 9.97 Å². The molecular weight excluding hydrogens is 356 g/mol. The molecule has 3 heterocycles. The molecule has 0 unspecified atom stereocenters. The highest BCUT2D eigenvalue weighted by Gasteiger charge is 2.14. The molecule has 1 aromatic carbocycles. The maximum atomic E-state index is 10.1. The molecule has 4 rings (SSSR count). The molecule has 0 bridgehead atoms. The fourth-order valence-electron chi connectivity index (χ4n) is 2.50. The Bertz CT molecular complexity index is 1070. The molecule has 0 radical (unpaired) electrons. The number of nitrogens with zero attached hydrogens (tertiary/aromatic N) is 3. The van der Waals surface area contributed by atoms with Crippen LogP contribution in [0.2, 0.25) is 5.02 Å². The minimum atomic E-state index is 0.103. The highest BCUT2D eigenvalue weighted by molar-refractivity contribution is 7.18. The monoisotopic (exact) mass is 368 g/mol. The highest BCUT2D eigenvalue weighted by atomic mass is 35.5. The Kier molecular flexibility index (Phi) is 3.99. The lowest BCUT2D eigenvalue weighted by molar-refractivity contribution is 0.478. The molecular formula is C18H13ClN4OS. The molecule has 0 aliphatic rings. The first-order valence-corrected chi connectivity index (χ1v) is 8.74. The van der Waals surface area contributed by atoms with E-state index in [1.165, 1.54) is 0 Å². The van der Waals surface area contributed by atoms with Crippen LogP contribution in [-0.2, 0) is 0 Å². The van der Waals surface area contributed by atoms with Crippen LogP contribution in [-0.4, -0.2) is 20.1 Å². The topological polar surface area (TPSA) is 70.9 Å². The predicted molar refractivity (Wildman–Crippen MR) is 102 cm³/mol. The molecule has 0 amide bonds. The summed E-state index contributed by atoms with van der Waals surface area (Å²) in [5.74, 6) is 1.29. The van der Waals surface area contributed by atoms with E-state index in [-0.39, 0.29) is 5.75 Å². The van der Waals surface area contributed by atoms with Gasteiger partial charge >= 0.3 is 0 Å². The number of halogens is 1. The lowest BCUT2D eigenvalue weighted by Crippen LogP contribution is -1.98. The fraction of sp³-hybridized carbons (Fsp3) is 0.0556. The molecule has 25 heavy (non-hydrogen) atoms. The van der Waals surface area contributed by atoms with E-state index < -0.39 is 0 Å². The smallest absolute Gasteiger partial charge is 0.164 e. The molecule has 0 fully saturated rings. The summed E-state index contributed by atoms with van der Waals surface area (Å²) in [6.07, 6.45) is 3.43. The zero-order valence-electron chi connectivity index (χ0n) is 13.2. The summed E-state index contributed by atoms with van der Waals surface area (Å²) in [6.45, 7) is 2.02. The minimum Gasteiger partial charge on any atom is -0.506 e. The first kappa shape index (κ1) is 15.8. The molecule has 0 saturated heterocycles. The Hall–Kier alpha value is -2.70. The van der Waals surface area contributed by atoms with Gasteiger partial charge in [0, 0.05) is 27.9 Å². The second-order valence-corrected chi connectivity index (χ2v) is 7.17. The van der Waals surface area contributed by atoms with Crippen molar-refractivity contribution < 1.29 is 5.11 Å². The van der Waals surface area contributed by atoms with Crippen molar-refractivity contribution in [3.05, 3.63) is 58.7 Å². The van der Waals surface area contributed by atoms with Crippen LogP contribution in [0.25, 0.3) is 21.6 Å². The van der Waals surface area contributed by atoms with Crippen LogP contribution in [0.4, 0.5) is 11.5 Å². The van der Waals surface area contributed by atoms with Crippen molar-refractivity contribution in [3.63, 3.8) is 0 Å². The Labute approximate surface area is 153 Å². The van der Waals surface area contributed by atoms with Gasteiger partial charge in [-0.1, -0.05) is 11.6 Å². The number of phenolic OH excluding ortho intramolecular Hbond substituents is 1. The molecule has 5 nitrogen and oxygen atoms in total. The second-order valence-electron chi connectivity index (χ2n) is 5.50. The average molecular weight is 369 g/mol. The first-order chi connectivity index (χ1) is 12.1. The number of hydrogen-bond acceptors (Lipinski definition) is 6. The van der Waals surface area contributed by atoms with E-state index in [2.05, 4.69) is 20.3 Å². The summed E-state index contributed by atoms with van der Waals surface area (Å²) in [5, 5.41) is 14.7. The number of hydrogen-bond donors (Lipinski definition) is 2. The average Bonchev–Trinajstić information content (AvgIpc) is 2.99. The number of thiophene rings is 1. The van der Waals surface area contributed by atoms with E-state index in [0.717, 1.165) is 20.7 Å². The summed E-state index contributed by atoms with van der Waals surface area (Å²) in [7, 11) is 0. The Morgan fingerprint density at radius 2 is 2.04 bits per heavy atom. The van der Waals surface area contributed by atoms with E-state index in [9.17, 15) is 5.11 Å². The standard InChI is InChI=1S/C18H13ClN4OS/c1-10-7-13-17(21-14-8-12(19)4-5-15(14)24)22-16(23-18(13)25-10)11-3-2-6-20-9-11/h2-9,24H,1H3,(H,21,22,23). The summed E-state index contributed by atoms with van der Waals surface area (Å²) < 4.78 is 0. The molecule has 0 aliphatic heterocycles. The lowest BCUT2D eigenvalue weighted by atomic mass is 10.2. The number of fused-ring (bicyclic) bond motifs is 1. The number of pyridine rings is 1. The first-order valence-electron chi connectivity index (χ1n) is 7.54. The zero-order valence-corrected chi connectivity index (χ0v) is 14.8. The zero-order chi connectivity index (χ0) is 17.4. The third-order valence-electron chi connectivity index (χ3n) is 3.65. The van der Waals surface area contributed by atoms with Gasteiger partial charge in [-0.15, -0.1) is 11.3 Å². The maximum absolute atomic E-state index is 10.1. The normalized spacial score (nSPS) is 11.0. The van der Waals surface area contributed by atoms with Crippen molar-refractivity contribution in [2.75, 3.05) is 5.32 Å². The number of aromatic nitrogens is 3. The van der Waals surface area contributed by atoms with Crippen molar-refractivity contribution in [1.29, 1.82) is 0 Å². The van der Waals surface area contributed by atoms with Crippen molar-refractivity contribution in [1.82, 2.24) is 15.0 Å². The van der Waals surface area contributed by atoms with Gasteiger partial charge in [-0.2, -0.15) is 0 Å². The largest absolute Gasteiger partial charge is 0.506 e. The molecule has 2 N–H and O–H groups in total. The number of nitrogens with one attached hydrogen (secondary N) is 1. The van der Waals surface area contributed by atoms with Gasteiger partial charge in [-0.3, -0.25) is 4.98 Å². The molecule has 7 heteroatoms. The van der Waals surface area contributed by atoms with Crippen molar-refractivity contribution in [2.45, 2.75) is 6.92 Å². The van der Waals surface area contributed by atoms with Crippen LogP contribution in [0, 0.1) is 6.92 Å². The van der Waals surface area contributed by atoms with Gasteiger partial charge in [0.1, 0.15) is 16.4 Å². The van der Waals surface area contributed by atoms with Gasteiger partial charge in [-0.05, 0) is 43.3 Å². The van der Waals surface area contributed by atoms with Crippen LogP contribution in [0.5, 0.6) is 5.75 Å². The van der Waals surface area contributed by atoms with Gasteiger partial charge in [0.25, 0.3) is 0 Å². The van der Waals surface area contributed by atoms with E-state index in [1.54, 1.807) is 41.9 Å². The number of anilines is 2. The Balaban J connectivity index is 1.88. The molecule has 0 aliphatic carbocycles. The molecule has 124 valence electrons. The molecule has 0 spiro atoms. The van der Waals surface area contributed by atoms with Crippen LogP contribution in [0.15, 0.2) is 48.8 Å². The summed E-state index contributed by atoms with van der Waals surface area (Å²) >= 11 is 7.64. The van der Waals surface area contributed by atoms with Crippen LogP contribution >= 0.6 is 22.9 Å². The van der Waals surface area contributed by atoms with Gasteiger partial charge in [0.05, 0.1) is 11.1 Å². The molecule has 3 aromatic heterocycles. The third kappa shape index (κ3) is 3.14. The highest BCUT2D eigenvalue weighted by Crippen LogP contribution is 2.35. The molecule has 4 aromatic rings. The van der Waals surface area contributed by atoms with Crippen LogP contribution in [0.3, 0.4) is 0 Å². The van der Waals surface area contributed by atoms with Crippen LogP contribution < -0.4 is 5.32 Å². The van der Waals surface area contributed by atoms with E-state index in [1.807, 2.05) is 25.1 Å². The molecule has 0 atom stereocenters. The summed E-state index contributed by atoms with van der Waals surface area (Å²) in [4.78, 5) is 15.4. The van der Waals surface area contributed by atoms with Crippen molar-refractivity contribution in [3.8, 4) is 17.1 Å². The van der Waals surface area contributed by atoms with Gasteiger partial charge in [0.15, 0.2) is 5.82 Å². The van der Waals surface area contributed by atoms with Crippen molar-refractivity contribution >= 4 is 44.7 Å².